The molecule has 0 aromatic heterocycles. The monoisotopic (exact) mass is 350 g/mol. The second kappa shape index (κ2) is 7.09. The summed E-state index contributed by atoms with van der Waals surface area (Å²) in [6.07, 6.45) is 0.556. The molecule has 2 aliphatic rings. The van der Waals surface area contributed by atoms with Crippen LogP contribution in [0.4, 0.5) is 4.39 Å². The number of carbonyl (C=O) groups excluding carboxylic acids is 2. The fourth-order valence-corrected chi connectivity index (χ4v) is 3.36. The molecule has 2 aliphatic heterocycles. The molecule has 0 spiro atoms. The highest BCUT2D eigenvalue weighted by atomic mass is 19.1. The summed E-state index contributed by atoms with van der Waals surface area (Å²) in [5.74, 6) is -0.617. The van der Waals surface area contributed by atoms with Crippen LogP contribution in [-0.4, -0.2) is 56.2 Å². The van der Waals surface area contributed by atoms with Gasteiger partial charge < -0.3 is 19.7 Å². The number of nitrogens with one attached hydrogen (secondary N) is 1. The van der Waals surface area contributed by atoms with Gasteiger partial charge in [0.15, 0.2) is 0 Å². The van der Waals surface area contributed by atoms with Crippen LogP contribution in [0, 0.1) is 11.2 Å². The lowest BCUT2D eigenvalue weighted by Gasteiger charge is -2.39. The van der Waals surface area contributed by atoms with Crippen LogP contribution in [0.5, 0.6) is 0 Å². The minimum Gasteiger partial charge on any atom is -0.383 e. The van der Waals surface area contributed by atoms with Gasteiger partial charge in [-0.2, -0.15) is 0 Å². The summed E-state index contributed by atoms with van der Waals surface area (Å²) < 4.78 is 23.4. The summed E-state index contributed by atoms with van der Waals surface area (Å²) in [4.78, 5) is 26.9. The molecule has 1 N–H and O–H groups in total. The van der Waals surface area contributed by atoms with E-state index in [4.69, 9.17) is 9.47 Å². The average Bonchev–Trinajstić information content (AvgIpc) is 2.91. The van der Waals surface area contributed by atoms with E-state index in [2.05, 4.69) is 5.32 Å². The Balaban J connectivity index is 1.63. The zero-order valence-corrected chi connectivity index (χ0v) is 14.5. The maximum Gasteiger partial charge on any atom is 0.245 e. The van der Waals surface area contributed by atoms with Crippen LogP contribution >= 0.6 is 0 Å². The molecule has 1 aromatic rings. The molecule has 3 rings (SSSR count). The van der Waals surface area contributed by atoms with Crippen molar-refractivity contribution in [2.45, 2.75) is 25.4 Å². The third-order valence-corrected chi connectivity index (χ3v) is 5.02. The van der Waals surface area contributed by atoms with E-state index in [9.17, 15) is 14.0 Å². The van der Waals surface area contributed by atoms with Crippen molar-refractivity contribution in [3.8, 4) is 0 Å². The Hall–Kier alpha value is -1.99. The Kier molecular flexibility index (Phi) is 5.06. The van der Waals surface area contributed by atoms with Crippen LogP contribution in [0.2, 0.25) is 0 Å². The summed E-state index contributed by atoms with van der Waals surface area (Å²) in [6, 6.07) is 5.42. The van der Waals surface area contributed by atoms with Gasteiger partial charge in [-0.3, -0.25) is 9.59 Å². The molecule has 2 unspecified atom stereocenters. The number of nitrogens with zero attached hydrogens (tertiary/aromatic N) is 1. The van der Waals surface area contributed by atoms with Gasteiger partial charge in [0, 0.05) is 13.7 Å². The van der Waals surface area contributed by atoms with Crippen LogP contribution in [-0.2, 0) is 19.1 Å². The van der Waals surface area contributed by atoms with Crippen molar-refractivity contribution in [3.05, 3.63) is 35.6 Å². The molecule has 2 saturated heterocycles. The number of rotatable bonds is 6. The van der Waals surface area contributed by atoms with Gasteiger partial charge in [-0.05, 0) is 31.0 Å². The maximum atomic E-state index is 13.1. The lowest BCUT2D eigenvalue weighted by atomic mass is 9.85. The van der Waals surface area contributed by atoms with E-state index >= 15 is 0 Å². The topological polar surface area (TPSA) is 67.9 Å². The highest BCUT2D eigenvalue weighted by Gasteiger charge is 2.48. The van der Waals surface area contributed by atoms with Crippen molar-refractivity contribution in [1.29, 1.82) is 0 Å². The van der Waals surface area contributed by atoms with Crippen molar-refractivity contribution >= 4 is 11.8 Å². The molecule has 7 heteroatoms. The normalized spacial score (nSPS) is 23.2. The maximum absolute atomic E-state index is 13.1. The Morgan fingerprint density at radius 1 is 1.44 bits per heavy atom. The average molecular weight is 350 g/mol. The molecule has 2 atom stereocenters. The van der Waals surface area contributed by atoms with Crippen LogP contribution in [0.15, 0.2) is 24.3 Å². The highest BCUT2D eigenvalue weighted by Crippen LogP contribution is 2.30. The van der Waals surface area contributed by atoms with Gasteiger partial charge in [-0.15, -0.1) is 0 Å². The van der Waals surface area contributed by atoms with Crippen molar-refractivity contribution in [2.24, 2.45) is 5.41 Å². The number of ether oxygens (including phenoxy) is 2. The van der Waals surface area contributed by atoms with Crippen LogP contribution in [0.25, 0.3) is 0 Å². The lowest BCUT2D eigenvalue weighted by molar-refractivity contribution is -0.173. The van der Waals surface area contributed by atoms with Crippen LogP contribution in [0.3, 0.4) is 0 Å². The number of amides is 2. The van der Waals surface area contributed by atoms with Gasteiger partial charge >= 0.3 is 0 Å². The third kappa shape index (κ3) is 3.39. The molecule has 0 aliphatic carbocycles. The van der Waals surface area contributed by atoms with Gasteiger partial charge in [0.05, 0.1) is 25.9 Å². The zero-order chi connectivity index (χ0) is 18.0. The minimum atomic E-state index is -0.689. The SMILES string of the molecule is COCC1(C(=O)NC2CCN(C(C)c3ccc(F)cc3)C2=O)COC1. The van der Waals surface area contributed by atoms with Crippen LogP contribution < -0.4 is 5.32 Å². The predicted octanol–water partition coefficient (Wildman–Crippen LogP) is 1.27. The molecule has 2 fully saturated rings. The first-order valence-electron chi connectivity index (χ1n) is 8.40. The van der Waals surface area contributed by atoms with Crippen molar-refractivity contribution in [3.63, 3.8) is 0 Å². The first kappa shape index (κ1) is 17.8. The molecule has 0 bridgehead atoms. The quantitative estimate of drug-likeness (QED) is 0.839. The van der Waals surface area contributed by atoms with Gasteiger partial charge in [0.25, 0.3) is 0 Å². The largest absolute Gasteiger partial charge is 0.383 e. The number of methoxy groups -OCH3 is 1. The van der Waals surface area contributed by atoms with E-state index in [0.29, 0.717) is 26.2 Å². The highest BCUT2D eigenvalue weighted by molar-refractivity contribution is 5.92. The predicted molar refractivity (Wildman–Crippen MR) is 88.2 cm³/mol. The molecular formula is C18H23FN2O4. The van der Waals surface area contributed by atoms with E-state index in [0.717, 1.165) is 5.56 Å². The van der Waals surface area contributed by atoms with Gasteiger partial charge in [-0.25, -0.2) is 4.39 Å². The summed E-state index contributed by atoms with van der Waals surface area (Å²) in [5, 5.41) is 2.85. The number of halogens is 1. The van der Waals surface area contributed by atoms with E-state index < -0.39 is 11.5 Å². The Morgan fingerprint density at radius 2 is 2.12 bits per heavy atom. The third-order valence-electron chi connectivity index (χ3n) is 5.02. The Bertz CT molecular complexity index is 645. The standard InChI is InChI=1S/C18H23FN2O4/c1-12(13-3-5-14(19)6-4-13)21-8-7-15(16(21)22)20-17(23)18(9-24-2)10-25-11-18/h3-6,12,15H,7-11H2,1-2H3,(H,20,23). The van der Waals surface area contributed by atoms with Crippen molar-refractivity contribution < 1.29 is 23.5 Å². The summed E-state index contributed by atoms with van der Waals surface area (Å²) in [5.41, 5.74) is 0.176. The molecule has 2 amide bonds. The fraction of sp³-hybridized carbons (Fsp3) is 0.556. The van der Waals surface area contributed by atoms with E-state index in [1.165, 1.54) is 12.1 Å². The molecule has 2 heterocycles. The van der Waals surface area contributed by atoms with Gasteiger partial charge in [0.2, 0.25) is 11.8 Å². The first-order chi connectivity index (χ1) is 12.0. The van der Waals surface area contributed by atoms with E-state index in [1.54, 1.807) is 24.1 Å². The number of hydrogen-bond donors (Lipinski definition) is 1. The number of benzene rings is 1. The molecule has 25 heavy (non-hydrogen) atoms. The second-order valence-electron chi connectivity index (χ2n) is 6.78. The zero-order valence-electron chi connectivity index (χ0n) is 14.5. The van der Waals surface area contributed by atoms with Gasteiger partial charge in [0.1, 0.15) is 17.3 Å². The van der Waals surface area contributed by atoms with Crippen molar-refractivity contribution in [1.82, 2.24) is 10.2 Å². The molecule has 0 radical (unpaired) electrons. The van der Waals surface area contributed by atoms with E-state index in [1.807, 2.05) is 6.92 Å². The number of likely N-dealkylation sites (tertiary alicyclic amines) is 1. The number of hydrogen-bond acceptors (Lipinski definition) is 4. The summed E-state index contributed by atoms with van der Waals surface area (Å²) >= 11 is 0. The molecule has 6 nitrogen and oxygen atoms in total. The minimum absolute atomic E-state index is 0.113. The van der Waals surface area contributed by atoms with Crippen molar-refractivity contribution in [2.75, 3.05) is 33.5 Å². The van der Waals surface area contributed by atoms with Crippen LogP contribution in [0.1, 0.15) is 24.9 Å². The fourth-order valence-electron chi connectivity index (χ4n) is 3.36. The number of carbonyl (C=O) groups is 2. The summed E-state index contributed by atoms with van der Waals surface area (Å²) in [6.45, 7) is 3.35. The van der Waals surface area contributed by atoms with E-state index in [-0.39, 0.29) is 30.3 Å². The molecule has 0 saturated carbocycles. The molecule has 1 aromatic carbocycles. The second-order valence-corrected chi connectivity index (χ2v) is 6.78. The molecular weight excluding hydrogens is 327 g/mol. The van der Waals surface area contributed by atoms with Gasteiger partial charge in [-0.1, -0.05) is 12.1 Å². The Labute approximate surface area is 146 Å². The lowest BCUT2D eigenvalue weighted by Crippen LogP contribution is -2.59. The molecule has 136 valence electrons. The first-order valence-corrected chi connectivity index (χ1v) is 8.40. The summed E-state index contributed by atoms with van der Waals surface area (Å²) in [7, 11) is 1.54. The Morgan fingerprint density at radius 3 is 2.68 bits per heavy atom. The smallest absolute Gasteiger partial charge is 0.245 e.